The number of methoxy groups -OCH3 is 1. The molecule has 0 aliphatic carbocycles. The molecule has 0 aliphatic rings. The Kier molecular flexibility index (Phi) is 6.74. The summed E-state index contributed by atoms with van der Waals surface area (Å²) in [6, 6.07) is 10.5. The van der Waals surface area contributed by atoms with Crippen molar-refractivity contribution in [2.24, 2.45) is 0 Å². The van der Waals surface area contributed by atoms with Crippen LogP contribution in [0.25, 0.3) is 0 Å². The highest BCUT2D eigenvalue weighted by Crippen LogP contribution is 2.18. The van der Waals surface area contributed by atoms with Crippen molar-refractivity contribution in [3.63, 3.8) is 0 Å². The Morgan fingerprint density at radius 2 is 1.92 bits per heavy atom. The highest BCUT2D eigenvalue weighted by atomic mass is 32.2. The first-order valence-corrected chi connectivity index (χ1v) is 8.55. The molecule has 7 heteroatoms. The van der Waals surface area contributed by atoms with Crippen LogP contribution in [0.3, 0.4) is 0 Å². The van der Waals surface area contributed by atoms with Gasteiger partial charge in [-0.2, -0.15) is 0 Å². The fourth-order valence-corrected chi connectivity index (χ4v) is 2.62. The number of benzene rings is 1. The average Bonchev–Trinajstić information content (AvgIpc) is 3.05. The van der Waals surface area contributed by atoms with Crippen LogP contribution < -0.4 is 10.1 Å². The van der Waals surface area contributed by atoms with E-state index in [9.17, 15) is 9.59 Å². The zero-order valence-electron chi connectivity index (χ0n) is 13.5. The van der Waals surface area contributed by atoms with Crippen molar-refractivity contribution in [1.82, 2.24) is 0 Å². The number of rotatable bonds is 8. The first kappa shape index (κ1) is 17.9. The molecule has 0 spiro atoms. The Labute approximate surface area is 144 Å². The topological polar surface area (TPSA) is 77.8 Å². The van der Waals surface area contributed by atoms with E-state index in [1.54, 1.807) is 24.3 Å². The summed E-state index contributed by atoms with van der Waals surface area (Å²) in [7, 11) is 1.30. The third-order valence-corrected chi connectivity index (χ3v) is 3.93. The van der Waals surface area contributed by atoms with Gasteiger partial charge in [0, 0.05) is 5.69 Å². The maximum absolute atomic E-state index is 11.9. The second-order valence-corrected chi connectivity index (χ2v) is 5.74. The van der Waals surface area contributed by atoms with E-state index in [1.165, 1.54) is 18.9 Å². The Morgan fingerprint density at radius 3 is 2.58 bits per heavy atom. The van der Waals surface area contributed by atoms with Crippen molar-refractivity contribution in [2.75, 3.05) is 24.8 Å². The van der Waals surface area contributed by atoms with Crippen LogP contribution in [0.1, 0.15) is 23.2 Å². The fourth-order valence-electron chi connectivity index (χ4n) is 1.91. The Morgan fingerprint density at radius 1 is 1.17 bits per heavy atom. The van der Waals surface area contributed by atoms with Gasteiger partial charge in [-0.3, -0.25) is 4.79 Å². The number of thioether (sulfide) groups is 1. The molecule has 0 saturated carbocycles. The summed E-state index contributed by atoms with van der Waals surface area (Å²) in [6.07, 6.45) is 0. The Hall–Kier alpha value is -2.41. The minimum atomic E-state index is -0.514. The lowest BCUT2D eigenvalue weighted by molar-refractivity contribution is -0.113. The van der Waals surface area contributed by atoms with E-state index < -0.39 is 5.97 Å². The molecule has 128 valence electrons. The van der Waals surface area contributed by atoms with Crippen LogP contribution in [0.4, 0.5) is 5.69 Å². The summed E-state index contributed by atoms with van der Waals surface area (Å²) >= 11 is 1.40. The molecule has 0 radical (unpaired) electrons. The van der Waals surface area contributed by atoms with Crippen LogP contribution in [-0.4, -0.2) is 31.3 Å². The van der Waals surface area contributed by atoms with E-state index in [0.29, 0.717) is 18.1 Å². The molecule has 0 atom stereocenters. The van der Waals surface area contributed by atoms with Gasteiger partial charge >= 0.3 is 5.97 Å². The van der Waals surface area contributed by atoms with Crippen molar-refractivity contribution < 1.29 is 23.5 Å². The van der Waals surface area contributed by atoms with Crippen molar-refractivity contribution >= 4 is 29.3 Å². The number of ether oxygens (including phenoxy) is 2. The molecule has 2 rings (SSSR count). The van der Waals surface area contributed by atoms with Crippen molar-refractivity contribution in [3.05, 3.63) is 47.9 Å². The Balaban J connectivity index is 1.74. The molecule has 0 aliphatic heterocycles. The lowest BCUT2D eigenvalue weighted by Gasteiger charge is -2.06. The number of carbonyl (C=O) groups excluding carboxylic acids is 2. The van der Waals surface area contributed by atoms with Gasteiger partial charge in [0.15, 0.2) is 0 Å². The SMILES string of the molecule is CCOc1ccc(NC(=O)CSCc2ccc(C(=O)OC)o2)cc1. The van der Waals surface area contributed by atoms with Gasteiger partial charge in [0.1, 0.15) is 11.5 Å². The Bertz CT molecular complexity index is 681. The molecular formula is C17H19NO5S. The molecule has 0 fully saturated rings. The van der Waals surface area contributed by atoms with Gasteiger partial charge in [0.2, 0.25) is 11.7 Å². The number of furan rings is 1. The van der Waals surface area contributed by atoms with Crippen LogP contribution in [0, 0.1) is 0 Å². The molecule has 2 aromatic rings. The smallest absolute Gasteiger partial charge is 0.373 e. The van der Waals surface area contributed by atoms with Crippen LogP contribution in [0.5, 0.6) is 5.75 Å². The zero-order chi connectivity index (χ0) is 17.4. The molecule has 1 amide bonds. The average molecular weight is 349 g/mol. The third-order valence-electron chi connectivity index (χ3n) is 2.97. The number of hydrogen-bond donors (Lipinski definition) is 1. The summed E-state index contributed by atoms with van der Waals surface area (Å²) < 4.78 is 15.2. The van der Waals surface area contributed by atoms with E-state index in [4.69, 9.17) is 9.15 Å². The summed E-state index contributed by atoms with van der Waals surface area (Å²) in [5.74, 6) is 1.70. The summed E-state index contributed by atoms with van der Waals surface area (Å²) in [5, 5.41) is 2.81. The quantitative estimate of drug-likeness (QED) is 0.737. The van der Waals surface area contributed by atoms with E-state index in [0.717, 1.165) is 11.4 Å². The number of nitrogens with one attached hydrogen (secondary N) is 1. The zero-order valence-corrected chi connectivity index (χ0v) is 14.4. The van der Waals surface area contributed by atoms with E-state index in [-0.39, 0.29) is 17.4 Å². The van der Waals surface area contributed by atoms with Crippen LogP contribution in [-0.2, 0) is 15.3 Å². The number of anilines is 1. The van der Waals surface area contributed by atoms with E-state index >= 15 is 0 Å². The molecule has 6 nitrogen and oxygen atoms in total. The second kappa shape index (κ2) is 9.02. The summed E-state index contributed by atoms with van der Waals surface area (Å²) in [4.78, 5) is 23.2. The predicted molar refractivity (Wildman–Crippen MR) is 92.5 cm³/mol. The first-order valence-electron chi connectivity index (χ1n) is 7.40. The number of carbonyl (C=O) groups is 2. The standard InChI is InChI=1S/C17H19NO5S/c1-3-22-13-6-4-12(5-7-13)18-16(19)11-24-10-14-8-9-15(23-14)17(20)21-2/h4-9H,3,10-11H2,1-2H3,(H,18,19). The molecular weight excluding hydrogens is 330 g/mol. The van der Waals surface area contributed by atoms with Gasteiger partial charge in [-0.05, 0) is 43.3 Å². The number of amides is 1. The normalized spacial score (nSPS) is 10.2. The van der Waals surface area contributed by atoms with Crippen LogP contribution in [0.15, 0.2) is 40.8 Å². The highest BCUT2D eigenvalue weighted by Gasteiger charge is 2.11. The van der Waals surface area contributed by atoms with Gasteiger partial charge < -0.3 is 19.2 Å². The van der Waals surface area contributed by atoms with Gasteiger partial charge in [-0.25, -0.2) is 4.79 Å². The van der Waals surface area contributed by atoms with E-state index in [1.807, 2.05) is 19.1 Å². The van der Waals surface area contributed by atoms with Crippen molar-refractivity contribution in [2.45, 2.75) is 12.7 Å². The van der Waals surface area contributed by atoms with Gasteiger partial charge in [-0.1, -0.05) is 0 Å². The number of esters is 1. The third kappa shape index (κ3) is 5.34. The molecule has 1 N–H and O–H groups in total. The minimum Gasteiger partial charge on any atom is -0.494 e. The van der Waals surface area contributed by atoms with Crippen LogP contribution >= 0.6 is 11.8 Å². The molecule has 0 bridgehead atoms. The molecule has 1 heterocycles. The van der Waals surface area contributed by atoms with Crippen molar-refractivity contribution in [3.8, 4) is 5.75 Å². The molecule has 1 aromatic carbocycles. The van der Waals surface area contributed by atoms with Gasteiger partial charge in [0.25, 0.3) is 0 Å². The lowest BCUT2D eigenvalue weighted by atomic mass is 10.3. The number of hydrogen-bond acceptors (Lipinski definition) is 6. The predicted octanol–water partition coefficient (Wildman–Crippen LogP) is 3.34. The minimum absolute atomic E-state index is 0.107. The monoisotopic (exact) mass is 349 g/mol. The molecule has 1 aromatic heterocycles. The van der Waals surface area contributed by atoms with Crippen LogP contribution in [0.2, 0.25) is 0 Å². The maximum atomic E-state index is 11.9. The van der Waals surface area contributed by atoms with Gasteiger partial charge in [-0.15, -0.1) is 11.8 Å². The van der Waals surface area contributed by atoms with E-state index in [2.05, 4.69) is 10.1 Å². The molecule has 24 heavy (non-hydrogen) atoms. The fraction of sp³-hybridized carbons (Fsp3) is 0.294. The highest BCUT2D eigenvalue weighted by molar-refractivity contribution is 7.99. The summed E-state index contributed by atoms with van der Waals surface area (Å²) in [5.41, 5.74) is 0.718. The summed E-state index contributed by atoms with van der Waals surface area (Å²) in [6.45, 7) is 2.52. The van der Waals surface area contributed by atoms with Crippen molar-refractivity contribution in [1.29, 1.82) is 0 Å². The molecule has 0 unspecified atom stereocenters. The molecule has 0 saturated heterocycles. The largest absolute Gasteiger partial charge is 0.494 e. The lowest BCUT2D eigenvalue weighted by Crippen LogP contribution is -2.14. The maximum Gasteiger partial charge on any atom is 0.373 e. The first-order chi connectivity index (χ1) is 11.6. The van der Waals surface area contributed by atoms with Gasteiger partial charge in [0.05, 0.1) is 25.2 Å². The second-order valence-electron chi connectivity index (χ2n) is 4.76.